The van der Waals surface area contributed by atoms with Gasteiger partial charge in [-0.05, 0) is 25.0 Å². The normalized spacial score (nSPS) is 20.6. The standard InChI is InChI=1S/C13H19N3O/c1-3-7-15-13-11(4-2)17-12-8-9(14)5-6-10(12)16-13/h5-6,8,11H,3-4,7,14H2,1-2H3,(H,15,16). The molecule has 17 heavy (non-hydrogen) atoms. The number of aliphatic imine (C=N–C) groups is 1. The highest BCUT2D eigenvalue weighted by Gasteiger charge is 2.23. The van der Waals surface area contributed by atoms with Crippen LogP contribution in [0.15, 0.2) is 23.2 Å². The van der Waals surface area contributed by atoms with Gasteiger partial charge in [0.2, 0.25) is 0 Å². The van der Waals surface area contributed by atoms with Crippen LogP contribution in [-0.4, -0.2) is 18.5 Å². The molecule has 0 amide bonds. The van der Waals surface area contributed by atoms with E-state index in [2.05, 4.69) is 24.2 Å². The Labute approximate surface area is 102 Å². The maximum Gasteiger partial charge on any atom is 0.155 e. The third kappa shape index (κ3) is 2.52. The first kappa shape index (κ1) is 11.8. The molecule has 1 aromatic carbocycles. The van der Waals surface area contributed by atoms with Crippen molar-refractivity contribution in [1.82, 2.24) is 0 Å². The SMILES string of the molecule is CCCN=C1Nc2ccc(N)cc2OC1CC. The van der Waals surface area contributed by atoms with Gasteiger partial charge < -0.3 is 15.8 Å². The Morgan fingerprint density at radius 1 is 1.41 bits per heavy atom. The monoisotopic (exact) mass is 233 g/mol. The van der Waals surface area contributed by atoms with Gasteiger partial charge in [-0.25, -0.2) is 0 Å². The Morgan fingerprint density at radius 3 is 2.94 bits per heavy atom. The summed E-state index contributed by atoms with van der Waals surface area (Å²) in [5.74, 6) is 1.74. The molecule has 0 saturated carbocycles. The number of rotatable bonds is 3. The molecule has 0 saturated heterocycles. The van der Waals surface area contributed by atoms with Gasteiger partial charge in [0.15, 0.2) is 6.10 Å². The van der Waals surface area contributed by atoms with E-state index in [0.717, 1.165) is 36.7 Å². The highest BCUT2D eigenvalue weighted by atomic mass is 16.5. The second kappa shape index (κ2) is 5.08. The molecule has 4 nitrogen and oxygen atoms in total. The highest BCUT2D eigenvalue weighted by Crippen LogP contribution is 2.32. The van der Waals surface area contributed by atoms with Crippen LogP contribution in [0.2, 0.25) is 0 Å². The number of anilines is 2. The number of benzene rings is 1. The Balaban J connectivity index is 2.27. The third-order valence-electron chi connectivity index (χ3n) is 2.72. The first-order valence-corrected chi connectivity index (χ1v) is 6.12. The maximum absolute atomic E-state index is 5.90. The number of nitrogens with two attached hydrogens (primary N) is 1. The zero-order chi connectivity index (χ0) is 12.3. The van der Waals surface area contributed by atoms with Crippen LogP contribution in [0.1, 0.15) is 26.7 Å². The molecule has 0 spiro atoms. The molecule has 3 N–H and O–H groups in total. The molecule has 0 radical (unpaired) electrons. The van der Waals surface area contributed by atoms with Crippen molar-refractivity contribution in [3.8, 4) is 5.75 Å². The van der Waals surface area contributed by atoms with Gasteiger partial charge in [0.05, 0.1) is 5.69 Å². The van der Waals surface area contributed by atoms with E-state index in [1.165, 1.54) is 0 Å². The van der Waals surface area contributed by atoms with Crippen LogP contribution in [0, 0.1) is 0 Å². The summed E-state index contributed by atoms with van der Waals surface area (Å²) in [4.78, 5) is 4.52. The minimum Gasteiger partial charge on any atom is -0.480 e. The van der Waals surface area contributed by atoms with Gasteiger partial charge in [0.1, 0.15) is 11.6 Å². The van der Waals surface area contributed by atoms with Crippen LogP contribution in [-0.2, 0) is 0 Å². The lowest BCUT2D eigenvalue weighted by Crippen LogP contribution is -2.37. The van der Waals surface area contributed by atoms with E-state index < -0.39 is 0 Å². The van der Waals surface area contributed by atoms with Crippen LogP contribution < -0.4 is 15.8 Å². The number of fused-ring (bicyclic) bond motifs is 1. The van der Waals surface area contributed by atoms with E-state index in [9.17, 15) is 0 Å². The average molecular weight is 233 g/mol. The van der Waals surface area contributed by atoms with E-state index >= 15 is 0 Å². The van der Waals surface area contributed by atoms with Crippen molar-refractivity contribution in [3.63, 3.8) is 0 Å². The van der Waals surface area contributed by atoms with E-state index in [-0.39, 0.29) is 6.10 Å². The zero-order valence-electron chi connectivity index (χ0n) is 10.4. The molecule has 4 heteroatoms. The van der Waals surface area contributed by atoms with E-state index in [0.29, 0.717) is 5.69 Å². The van der Waals surface area contributed by atoms with Crippen molar-refractivity contribution in [3.05, 3.63) is 18.2 Å². The van der Waals surface area contributed by atoms with Gasteiger partial charge in [-0.1, -0.05) is 13.8 Å². The summed E-state index contributed by atoms with van der Waals surface area (Å²) < 4.78 is 5.90. The Hall–Kier alpha value is -1.71. The van der Waals surface area contributed by atoms with E-state index in [4.69, 9.17) is 10.5 Å². The predicted octanol–water partition coefficient (Wildman–Crippen LogP) is 2.66. The molecular weight excluding hydrogens is 214 g/mol. The molecular formula is C13H19N3O. The van der Waals surface area contributed by atoms with E-state index in [1.54, 1.807) is 0 Å². The number of nitrogens with zero attached hydrogens (tertiary/aromatic N) is 1. The number of nitrogen functional groups attached to an aromatic ring is 1. The van der Waals surface area contributed by atoms with Crippen LogP contribution in [0.4, 0.5) is 11.4 Å². The van der Waals surface area contributed by atoms with Gasteiger partial charge >= 0.3 is 0 Å². The molecule has 1 heterocycles. The molecule has 0 aromatic heterocycles. The van der Waals surface area contributed by atoms with Gasteiger partial charge in [-0.3, -0.25) is 4.99 Å². The summed E-state index contributed by atoms with van der Waals surface area (Å²) in [5, 5.41) is 3.33. The first-order chi connectivity index (χ1) is 8.24. The number of nitrogens with one attached hydrogen (secondary N) is 1. The Bertz CT molecular complexity index is 429. The Kier molecular flexibility index (Phi) is 3.52. The summed E-state index contributed by atoms with van der Waals surface area (Å²) in [6.07, 6.45) is 1.94. The largest absolute Gasteiger partial charge is 0.480 e. The predicted molar refractivity (Wildman–Crippen MR) is 71.8 cm³/mol. The summed E-state index contributed by atoms with van der Waals surface area (Å²) in [6, 6.07) is 5.64. The Morgan fingerprint density at radius 2 is 2.24 bits per heavy atom. The van der Waals surface area contributed by atoms with Crippen molar-refractivity contribution >= 4 is 17.2 Å². The summed E-state index contributed by atoms with van der Waals surface area (Å²) in [5.41, 5.74) is 7.41. The molecule has 1 aliphatic heterocycles. The first-order valence-electron chi connectivity index (χ1n) is 6.12. The molecule has 2 rings (SSSR count). The number of hydrogen-bond donors (Lipinski definition) is 2. The topological polar surface area (TPSA) is 59.6 Å². The second-order valence-electron chi connectivity index (χ2n) is 4.16. The van der Waals surface area contributed by atoms with Crippen molar-refractivity contribution in [1.29, 1.82) is 0 Å². The fourth-order valence-corrected chi connectivity index (χ4v) is 1.82. The van der Waals surface area contributed by atoms with E-state index in [1.807, 2.05) is 18.2 Å². The molecule has 92 valence electrons. The highest BCUT2D eigenvalue weighted by molar-refractivity contribution is 6.02. The molecule has 0 aliphatic carbocycles. The minimum absolute atomic E-state index is 0.0100. The lowest BCUT2D eigenvalue weighted by Gasteiger charge is -2.28. The molecule has 0 bridgehead atoms. The van der Waals surface area contributed by atoms with Gasteiger partial charge in [-0.15, -0.1) is 0 Å². The van der Waals surface area contributed by atoms with Crippen LogP contribution in [0.5, 0.6) is 5.75 Å². The van der Waals surface area contributed by atoms with Gasteiger partial charge in [0.25, 0.3) is 0 Å². The van der Waals surface area contributed by atoms with Gasteiger partial charge in [0, 0.05) is 18.3 Å². The lowest BCUT2D eigenvalue weighted by molar-refractivity contribution is 0.258. The number of ether oxygens (including phenoxy) is 1. The fraction of sp³-hybridized carbons (Fsp3) is 0.462. The molecule has 1 aromatic rings. The number of amidine groups is 1. The van der Waals surface area contributed by atoms with Crippen LogP contribution in [0.25, 0.3) is 0 Å². The second-order valence-corrected chi connectivity index (χ2v) is 4.16. The summed E-state index contributed by atoms with van der Waals surface area (Å²) in [7, 11) is 0. The molecule has 1 atom stereocenters. The third-order valence-corrected chi connectivity index (χ3v) is 2.72. The van der Waals surface area contributed by atoms with Crippen molar-refractivity contribution in [2.45, 2.75) is 32.8 Å². The van der Waals surface area contributed by atoms with Crippen molar-refractivity contribution in [2.24, 2.45) is 4.99 Å². The average Bonchev–Trinajstić information content (AvgIpc) is 2.35. The summed E-state index contributed by atoms with van der Waals surface area (Å²) in [6.45, 7) is 5.03. The molecule has 1 aliphatic rings. The van der Waals surface area contributed by atoms with Crippen LogP contribution >= 0.6 is 0 Å². The van der Waals surface area contributed by atoms with Crippen LogP contribution in [0.3, 0.4) is 0 Å². The smallest absolute Gasteiger partial charge is 0.155 e. The lowest BCUT2D eigenvalue weighted by atomic mass is 10.1. The minimum atomic E-state index is 0.0100. The van der Waals surface area contributed by atoms with Crippen molar-refractivity contribution in [2.75, 3.05) is 17.6 Å². The molecule has 0 fully saturated rings. The zero-order valence-corrected chi connectivity index (χ0v) is 10.4. The fourth-order valence-electron chi connectivity index (χ4n) is 1.82. The quantitative estimate of drug-likeness (QED) is 0.789. The molecule has 1 unspecified atom stereocenters. The summed E-state index contributed by atoms with van der Waals surface area (Å²) >= 11 is 0. The maximum atomic E-state index is 5.90. The van der Waals surface area contributed by atoms with Crippen molar-refractivity contribution < 1.29 is 4.74 Å². The van der Waals surface area contributed by atoms with Gasteiger partial charge in [-0.2, -0.15) is 0 Å². The number of hydrogen-bond acceptors (Lipinski definition) is 3.